The van der Waals surface area contributed by atoms with Crippen molar-refractivity contribution in [1.29, 1.82) is 0 Å². The van der Waals surface area contributed by atoms with Gasteiger partial charge < -0.3 is 5.32 Å². The van der Waals surface area contributed by atoms with E-state index in [-0.39, 0.29) is 10.6 Å². The standard InChI is InChI=1S/C13H16ClFN2O3S/c14-10-7-11(15)9(6-12(10)21(16,19)20)13(18)17-5-1-2-8-3-4-8/h6-8H,1-5H2,(H,17,18)(H2,16,19,20). The molecule has 1 aromatic rings. The van der Waals surface area contributed by atoms with Gasteiger partial charge in [0.2, 0.25) is 10.0 Å². The van der Waals surface area contributed by atoms with Gasteiger partial charge in [0.25, 0.3) is 5.91 Å². The fourth-order valence-electron chi connectivity index (χ4n) is 2.02. The summed E-state index contributed by atoms with van der Waals surface area (Å²) in [5.41, 5.74) is -0.380. The third-order valence-corrected chi connectivity index (χ3v) is 4.72. The molecule has 3 N–H and O–H groups in total. The highest BCUT2D eigenvalue weighted by Crippen LogP contribution is 2.33. The first kappa shape index (κ1) is 16.2. The zero-order chi connectivity index (χ0) is 15.6. The molecule has 0 aromatic heterocycles. The second-order valence-corrected chi connectivity index (χ2v) is 7.09. The Morgan fingerprint density at radius 2 is 2.10 bits per heavy atom. The Bertz CT molecular complexity index is 660. The first-order valence-electron chi connectivity index (χ1n) is 6.59. The average molecular weight is 335 g/mol. The minimum absolute atomic E-state index is 0.347. The molecular formula is C13H16ClFN2O3S. The Morgan fingerprint density at radius 1 is 1.43 bits per heavy atom. The van der Waals surface area contributed by atoms with Crippen molar-refractivity contribution in [3.63, 3.8) is 0 Å². The van der Waals surface area contributed by atoms with Gasteiger partial charge in [-0.15, -0.1) is 0 Å². The highest BCUT2D eigenvalue weighted by Gasteiger charge is 2.22. The van der Waals surface area contributed by atoms with Crippen molar-refractivity contribution in [2.45, 2.75) is 30.6 Å². The van der Waals surface area contributed by atoms with Crippen LogP contribution < -0.4 is 10.5 Å². The van der Waals surface area contributed by atoms with Gasteiger partial charge in [0, 0.05) is 6.54 Å². The van der Waals surface area contributed by atoms with E-state index in [9.17, 15) is 17.6 Å². The van der Waals surface area contributed by atoms with E-state index in [1.165, 1.54) is 12.8 Å². The molecule has 2 rings (SSSR count). The van der Waals surface area contributed by atoms with E-state index in [1.54, 1.807) is 0 Å². The quantitative estimate of drug-likeness (QED) is 0.780. The van der Waals surface area contributed by atoms with Crippen LogP contribution in [-0.4, -0.2) is 20.9 Å². The Labute approximate surface area is 127 Å². The van der Waals surface area contributed by atoms with Crippen LogP contribution in [0, 0.1) is 11.7 Å². The molecule has 1 aliphatic carbocycles. The van der Waals surface area contributed by atoms with Crippen molar-refractivity contribution in [2.75, 3.05) is 6.54 Å². The van der Waals surface area contributed by atoms with E-state index in [0.29, 0.717) is 6.54 Å². The highest BCUT2D eigenvalue weighted by atomic mass is 35.5. The van der Waals surface area contributed by atoms with Gasteiger partial charge in [-0.25, -0.2) is 17.9 Å². The van der Waals surface area contributed by atoms with E-state index in [2.05, 4.69) is 5.32 Å². The van der Waals surface area contributed by atoms with Crippen LogP contribution in [0.3, 0.4) is 0 Å². The predicted octanol–water partition coefficient (Wildman–Crippen LogP) is 2.05. The minimum atomic E-state index is -4.11. The maximum absolute atomic E-state index is 13.7. The lowest BCUT2D eigenvalue weighted by atomic mass is 10.2. The molecule has 0 radical (unpaired) electrons. The lowest BCUT2D eigenvalue weighted by Gasteiger charge is -2.09. The molecule has 0 heterocycles. The van der Waals surface area contributed by atoms with Crippen LogP contribution in [0.1, 0.15) is 36.0 Å². The molecule has 116 valence electrons. The molecule has 5 nitrogen and oxygen atoms in total. The fourth-order valence-corrected chi connectivity index (χ4v) is 3.10. The normalized spacial score (nSPS) is 15.0. The number of benzene rings is 1. The number of carbonyl (C=O) groups is 1. The summed E-state index contributed by atoms with van der Waals surface area (Å²) in [5, 5.41) is 7.19. The van der Waals surface area contributed by atoms with Crippen LogP contribution in [0.2, 0.25) is 5.02 Å². The lowest BCUT2D eigenvalue weighted by molar-refractivity contribution is 0.0948. The predicted molar refractivity (Wildman–Crippen MR) is 77.1 cm³/mol. The van der Waals surface area contributed by atoms with Gasteiger partial charge in [-0.1, -0.05) is 24.4 Å². The van der Waals surface area contributed by atoms with E-state index >= 15 is 0 Å². The molecule has 1 fully saturated rings. The Balaban J connectivity index is 2.08. The summed E-state index contributed by atoms with van der Waals surface area (Å²) in [6.45, 7) is 0.419. The number of nitrogens with two attached hydrogens (primary N) is 1. The third-order valence-electron chi connectivity index (χ3n) is 3.34. The topological polar surface area (TPSA) is 89.3 Å². The van der Waals surface area contributed by atoms with Gasteiger partial charge in [-0.2, -0.15) is 0 Å². The maximum atomic E-state index is 13.7. The van der Waals surface area contributed by atoms with Gasteiger partial charge in [0.15, 0.2) is 0 Å². The minimum Gasteiger partial charge on any atom is -0.352 e. The number of halogens is 2. The third kappa shape index (κ3) is 4.39. The first-order chi connectivity index (χ1) is 9.79. The van der Waals surface area contributed by atoms with Gasteiger partial charge in [-0.3, -0.25) is 4.79 Å². The van der Waals surface area contributed by atoms with Crippen molar-refractivity contribution in [3.05, 3.63) is 28.5 Å². The molecule has 8 heteroatoms. The molecule has 0 aliphatic heterocycles. The summed E-state index contributed by atoms with van der Waals surface area (Å²) >= 11 is 5.63. The SMILES string of the molecule is NS(=O)(=O)c1cc(C(=O)NCCCC2CC2)c(F)cc1Cl. The average Bonchev–Trinajstić information content (AvgIpc) is 3.16. The molecule has 1 saturated carbocycles. The molecule has 0 unspecified atom stereocenters. The maximum Gasteiger partial charge on any atom is 0.254 e. The summed E-state index contributed by atoms with van der Waals surface area (Å²) in [5.74, 6) is -0.805. The number of sulfonamides is 1. The van der Waals surface area contributed by atoms with Crippen LogP contribution in [0.15, 0.2) is 17.0 Å². The van der Waals surface area contributed by atoms with E-state index in [4.69, 9.17) is 16.7 Å². The molecule has 1 aromatic carbocycles. The highest BCUT2D eigenvalue weighted by molar-refractivity contribution is 7.89. The summed E-state index contributed by atoms with van der Waals surface area (Å²) < 4.78 is 36.4. The molecule has 0 spiro atoms. The summed E-state index contributed by atoms with van der Waals surface area (Å²) in [4.78, 5) is 11.4. The molecule has 1 aliphatic rings. The van der Waals surface area contributed by atoms with Gasteiger partial charge in [-0.05, 0) is 30.9 Å². The number of primary sulfonamides is 1. The zero-order valence-electron chi connectivity index (χ0n) is 11.2. The van der Waals surface area contributed by atoms with Crippen LogP contribution in [-0.2, 0) is 10.0 Å². The summed E-state index contributed by atoms with van der Waals surface area (Å²) in [7, 11) is -4.11. The van der Waals surface area contributed by atoms with Gasteiger partial charge >= 0.3 is 0 Å². The molecule has 21 heavy (non-hydrogen) atoms. The molecule has 0 saturated heterocycles. The number of hydrogen-bond acceptors (Lipinski definition) is 3. The fraction of sp³-hybridized carbons (Fsp3) is 0.462. The largest absolute Gasteiger partial charge is 0.352 e. The van der Waals surface area contributed by atoms with E-state index in [0.717, 1.165) is 30.9 Å². The van der Waals surface area contributed by atoms with Crippen molar-refractivity contribution < 1.29 is 17.6 Å². The number of nitrogens with one attached hydrogen (secondary N) is 1. The smallest absolute Gasteiger partial charge is 0.254 e. The van der Waals surface area contributed by atoms with Crippen LogP contribution in [0.4, 0.5) is 4.39 Å². The monoisotopic (exact) mass is 334 g/mol. The second-order valence-electron chi connectivity index (χ2n) is 5.15. The van der Waals surface area contributed by atoms with Crippen LogP contribution in [0.5, 0.6) is 0 Å². The Kier molecular flexibility index (Phi) is 4.85. The summed E-state index contributed by atoms with van der Waals surface area (Å²) in [6, 6.07) is 1.64. The number of hydrogen-bond donors (Lipinski definition) is 2. The van der Waals surface area contributed by atoms with Crippen LogP contribution >= 0.6 is 11.6 Å². The van der Waals surface area contributed by atoms with Gasteiger partial charge in [0.1, 0.15) is 10.7 Å². The van der Waals surface area contributed by atoms with Crippen molar-refractivity contribution in [3.8, 4) is 0 Å². The van der Waals surface area contributed by atoms with Crippen molar-refractivity contribution in [2.24, 2.45) is 11.1 Å². The number of carbonyl (C=O) groups excluding carboxylic acids is 1. The Hall–Kier alpha value is -1.18. The van der Waals surface area contributed by atoms with Gasteiger partial charge in [0.05, 0.1) is 10.6 Å². The lowest BCUT2D eigenvalue weighted by Crippen LogP contribution is -2.26. The Morgan fingerprint density at radius 3 is 2.67 bits per heavy atom. The molecule has 0 atom stereocenters. The second kappa shape index (κ2) is 6.29. The van der Waals surface area contributed by atoms with Crippen LogP contribution in [0.25, 0.3) is 0 Å². The number of amides is 1. The van der Waals surface area contributed by atoms with Crippen molar-refractivity contribution >= 4 is 27.5 Å². The molecular weight excluding hydrogens is 319 g/mol. The van der Waals surface area contributed by atoms with E-state index in [1.807, 2.05) is 0 Å². The molecule has 0 bridgehead atoms. The molecule has 1 amide bonds. The van der Waals surface area contributed by atoms with Crippen molar-refractivity contribution in [1.82, 2.24) is 5.32 Å². The number of rotatable bonds is 6. The first-order valence-corrected chi connectivity index (χ1v) is 8.51. The summed E-state index contributed by atoms with van der Waals surface area (Å²) in [6.07, 6.45) is 4.31. The zero-order valence-corrected chi connectivity index (χ0v) is 12.8. The van der Waals surface area contributed by atoms with E-state index < -0.39 is 26.6 Å².